The van der Waals surface area contributed by atoms with Crippen molar-refractivity contribution in [3.05, 3.63) is 29.7 Å². The molecule has 0 amide bonds. The molecule has 0 aliphatic carbocycles. The van der Waals surface area contributed by atoms with Crippen molar-refractivity contribution < 1.29 is 0 Å². The van der Waals surface area contributed by atoms with Crippen molar-refractivity contribution in [3.8, 4) is 0 Å². The normalized spacial score (nSPS) is 10.4. The highest BCUT2D eigenvalue weighted by atomic mass is 15.3. The van der Waals surface area contributed by atoms with Gasteiger partial charge in [0.05, 0.1) is 12.2 Å². The van der Waals surface area contributed by atoms with Crippen LogP contribution in [-0.2, 0) is 13.6 Å². The van der Waals surface area contributed by atoms with E-state index in [1.807, 2.05) is 24.7 Å². The van der Waals surface area contributed by atoms with Crippen LogP contribution in [0, 0.1) is 6.92 Å². The standard InChI is InChI=1S/C10H14N6/c1-7-5-13-10(11)15-9(7)12-6-8-3-4-14-16(8)2/h3-5H,6H2,1-2H3,(H3,11,12,13,15). The fourth-order valence-electron chi connectivity index (χ4n) is 1.38. The minimum Gasteiger partial charge on any atom is -0.368 e. The fourth-order valence-corrected chi connectivity index (χ4v) is 1.38. The van der Waals surface area contributed by atoms with Crippen molar-refractivity contribution in [3.63, 3.8) is 0 Å². The van der Waals surface area contributed by atoms with Gasteiger partial charge in [-0.05, 0) is 13.0 Å². The molecule has 6 heteroatoms. The molecule has 3 N–H and O–H groups in total. The van der Waals surface area contributed by atoms with Crippen LogP contribution in [0.4, 0.5) is 11.8 Å². The molecule has 2 rings (SSSR count). The van der Waals surface area contributed by atoms with Crippen LogP contribution < -0.4 is 11.1 Å². The molecule has 0 saturated heterocycles. The third kappa shape index (κ3) is 2.10. The number of hydrogen-bond acceptors (Lipinski definition) is 5. The fraction of sp³-hybridized carbons (Fsp3) is 0.300. The van der Waals surface area contributed by atoms with E-state index in [1.165, 1.54) is 0 Å². The average Bonchev–Trinajstić information content (AvgIpc) is 2.66. The monoisotopic (exact) mass is 218 g/mol. The number of aromatic nitrogens is 4. The van der Waals surface area contributed by atoms with Crippen LogP contribution in [0.25, 0.3) is 0 Å². The highest BCUT2D eigenvalue weighted by molar-refractivity contribution is 5.45. The molecule has 2 aromatic heterocycles. The molecule has 0 bridgehead atoms. The maximum Gasteiger partial charge on any atom is 0.221 e. The Morgan fingerprint density at radius 1 is 1.50 bits per heavy atom. The molecule has 0 atom stereocenters. The number of rotatable bonds is 3. The summed E-state index contributed by atoms with van der Waals surface area (Å²) >= 11 is 0. The average molecular weight is 218 g/mol. The Kier molecular flexibility index (Phi) is 2.72. The largest absolute Gasteiger partial charge is 0.368 e. The predicted octanol–water partition coefficient (Wildman–Crippen LogP) is 0.713. The number of nitrogen functional groups attached to an aromatic ring is 1. The molecule has 0 spiro atoms. The molecule has 2 aromatic rings. The topological polar surface area (TPSA) is 81.7 Å². The molecule has 0 aromatic carbocycles. The summed E-state index contributed by atoms with van der Waals surface area (Å²) < 4.78 is 1.81. The van der Waals surface area contributed by atoms with Gasteiger partial charge in [-0.1, -0.05) is 0 Å². The van der Waals surface area contributed by atoms with E-state index in [1.54, 1.807) is 12.4 Å². The van der Waals surface area contributed by atoms with E-state index in [0.29, 0.717) is 6.54 Å². The summed E-state index contributed by atoms with van der Waals surface area (Å²) in [7, 11) is 1.90. The second-order valence-electron chi connectivity index (χ2n) is 3.56. The lowest BCUT2D eigenvalue weighted by Gasteiger charge is -2.08. The first-order valence-electron chi connectivity index (χ1n) is 4.96. The smallest absolute Gasteiger partial charge is 0.221 e. The maximum atomic E-state index is 5.53. The highest BCUT2D eigenvalue weighted by Gasteiger charge is 2.03. The zero-order chi connectivity index (χ0) is 11.5. The van der Waals surface area contributed by atoms with Crippen LogP contribution in [0.1, 0.15) is 11.3 Å². The molecular formula is C10H14N6. The first-order valence-corrected chi connectivity index (χ1v) is 4.96. The maximum absolute atomic E-state index is 5.53. The van der Waals surface area contributed by atoms with Gasteiger partial charge in [0.25, 0.3) is 0 Å². The minimum absolute atomic E-state index is 0.276. The number of anilines is 2. The van der Waals surface area contributed by atoms with Gasteiger partial charge in [-0.15, -0.1) is 0 Å². The van der Waals surface area contributed by atoms with E-state index in [0.717, 1.165) is 17.1 Å². The molecule has 0 aliphatic rings. The molecule has 0 fully saturated rings. The second-order valence-corrected chi connectivity index (χ2v) is 3.56. The lowest BCUT2D eigenvalue weighted by atomic mass is 10.3. The van der Waals surface area contributed by atoms with Crippen LogP contribution in [-0.4, -0.2) is 19.7 Å². The first kappa shape index (κ1) is 10.4. The van der Waals surface area contributed by atoms with E-state index in [4.69, 9.17) is 5.73 Å². The molecule has 84 valence electrons. The molecule has 6 nitrogen and oxygen atoms in total. The number of nitrogens with zero attached hydrogens (tertiary/aromatic N) is 4. The molecule has 0 radical (unpaired) electrons. The summed E-state index contributed by atoms with van der Waals surface area (Å²) in [5, 5.41) is 7.29. The third-order valence-corrected chi connectivity index (χ3v) is 2.35. The molecule has 16 heavy (non-hydrogen) atoms. The predicted molar refractivity (Wildman–Crippen MR) is 61.7 cm³/mol. The second kappa shape index (κ2) is 4.18. The van der Waals surface area contributed by atoms with E-state index in [9.17, 15) is 0 Å². The van der Waals surface area contributed by atoms with E-state index in [-0.39, 0.29) is 5.95 Å². The van der Waals surface area contributed by atoms with Crippen molar-refractivity contribution in [1.29, 1.82) is 0 Å². The Balaban J connectivity index is 2.10. The van der Waals surface area contributed by atoms with E-state index < -0.39 is 0 Å². The summed E-state index contributed by atoms with van der Waals surface area (Å²) in [5.74, 6) is 1.03. The van der Waals surface area contributed by atoms with Crippen LogP contribution in [0.15, 0.2) is 18.5 Å². The van der Waals surface area contributed by atoms with E-state index in [2.05, 4.69) is 20.4 Å². The molecular weight excluding hydrogens is 204 g/mol. The van der Waals surface area contributed by atoms with Crippen molar-refractivity contribution in [2.45, 2.75) is 13.5 Å². The molecule has 2 heterocycles. The van der Waals surface area contributed by atoms with Crippen molar-refractivity contribution in [1.82, 2.24) is 19.7 Å². The van der Waals surface area contributed by atoms with Gasteiger partial charge >= 0.3 is 0 Å². The quantitative estimate of drug-likeness (QED) is 0.793. The van der Waals surface area contributed by atoms with Gasteiger partial charge in [0.2, 0.25) is 5.95 Å². The number of aryl methyl sites for hydroxylation is 2. The summed E-state index contributed by atoms with van der Waals surface area (Å²) in [5.41, 5.74) is 7.58. The van der Waals surface area contributed by atoms with Crippen LogP contribution in [0.3, 0.4) is 0 Å². The van der Waals surface area contributed by atoms with Crippen molar-refractivity contribution in [2.75, 3.05) is 11.1 Å². The van der Waals surface area contributed by atoms with E-state index >= 15 is 0 Å². The zero-order valence-corrected chi connectivity index (χ0v) is 9.31. The lowest BCUT2D eigenvalue weighted by Crippen LogP contribution is -2.09. The summed E-state index contributed by atoms with van der Waals surface area (Å²) in [6.45, 7) is 2.60. The van der Waals surface area contributed by atoms with Gasteiger partial charge in [-0.25, -0.2) is 4.98 Å². The summed E-state index contributed by atoms with van der Waals surface area (Å²) in [4.78, 5) is 8.04. The Bertz CT molecular complexity index is 490. The summed E-state index contributed by atoms with van der Waals surface area (Å²) in [6.07, 6.45) is 3.46. The Hall–Kier alpha value is -2.11. The van der Waals surface area contributed by atoms with Crippen molar-refractivity contribution >= 4 is 11.8 Å². The van der Waals surface area contributed by atoms with Crippen LogP contribution >= 0.6 is 0 Å². The minimum atomic E-state index is 0.276. The Morgan fingerprint density at radius 2 is 2.31 bits per heavy atom. The summed E-state index contributed by atoms with van der Waals surface area (Å²) in [6, 6.07) is 1.95. The van der Waals surface area contributed by atoms with Gasteiger partial charge in [0, 0.05) is 25.0 Å². The molecule has 0 unspecified atom stereocenters. The lowest BCUT2D eigenvalue weighted by molar-refractivity contribution is 0.719. The van der Waals surface area contributed by atoms with Gasteiger partial charge < -0.3 is 11.1 Å². The van der Waals surface area contributed by atoms with Gasteiger partial charge in [-0.2, -0.15) is 10.1 Å². The van der Waals surface area contributed by atoms with Crippen LogP contribution in [0.2, 0.25) is 0 Å². The van der Waals surface area contributed by atoms with Gasteiger partial charge in [0.15, 0.2) is 0 Å². The Morgan fingerprint density at radius 3 is 3.00 bits per heavy atom. The number of nitrogens with one attached hydrogen (secondary N) is 1. The van der Waals surface area contributed by atoms with Crippen LogP contribution in [0.5, 0.6) is 0 Å². The SMILES string of the molecule is Cc1cnc(N)nc1NCc1ccnn1C. The van der Waals surface area contributed by atoms with Crippen molar-refractivity contribution in [2.24, 2.45) is 7.05 Å². The van der Waals surface area contributed by atoms with Gasteiger partial charge in [0.1, 0.15) is 5.82 Å². The highest BCUT2D eigenvalue weighted by Crippen LogP contribution is 2.12. The molecule has 0 saturated carbocycles. The zero-order valence-electron chi connectivity index (χ0n) is 9.31. The molecule has 0 aliphatic heterocycles. The number of nitrogens with two attached hydrogens (primary N) is 1. The first-order chi connectivity index (χ1) is 7.66. The number of hydrogen-bond donors (Lipinski definition) is 2. The Labute approximate surface area is 93.5 Å². The van der Waals surface area contributed by atoms with Gasteiger partial charge in [-0.3, -0.25) is 4.68 Å². The third-order valence-electron chi connectivity index (χ3n) is 2.35.